The first-order valence-electron chi connectivity index (χ1n) is 7.63. The number of hydrogen-bond acceptors (Lipinski definition) is 4. The number of carbonyl (C=O) groups excluding carboxylic acids is 1. The number of anilines is 1. The second-order valence-electron chi connectivity index (χ2n) is 5.50. The summed E-state index contributed by atoms with van der Waals surface area (Å²) in [4.78, 5) is 31.1. The number of nitrogens with zero attached hydrogens (tertiary/aromatic N) is 1. The second-order valence-corrected chi connectivity index (χ2v) is 5.50. The molecule has 0 unspecified atom stereocenters. The highest BCUT2D eigenvalue weighted by Gasteiger charge is 2.11. The van der Waals surface area contributed by atoms with Gasteiger partial charge in [0.25, 0.3) is 11.5 Å². The molecule has 6 heteroatoms. The number of carbonyl (C=O) groups is 1. The molecule has 0 saturated carbocycles. The lowest BCUT2D eigenvalue weighted by Gasteiger charge is -2.07. The van der Waals surface area contributed by atoms with Gasteiger partial charge in [-0.3, -0.25) is 9.59 Å². The van der Waals surface area contributed by atoms with Crippen molar-refractivity contribution in [3.8, 4) is 11.3 Å². The molecule has 1 amide bonds. The van der Waals surface area contributed by atoms with E-state index >= 15 is 0 Å². The van der Waals surface area contributed by atoms with Gasteiger partial charge in [-0.05, 0) is 29.7 Å². The zero-order valence-electron chi connectivity index (χ0n) is 13.0. The summed E-state index contributed by atoms with van der Waals surface area (Å²) in [6, 6.07) is 16.0. The van der Waals surface area contributed by atoms with E-state index in [1.54, 1.807) is 48.7 Å². The summed E-state index contributed by atoms with van der Waals surface area (Å²) in [6.07, 6.45) is 2.95. The Bertz CT molecular complexity index is 1110. The Kier molecular flexibility index (Phi) is 3.63. The van der Waals surface area contributed by atoms with Crippen LogP contribution < -0.4 is 10.9 Å². The minimum absolute atomic E-state index is 0.203. The maximum absolute atomic E-state index is 12.5. The predicted octanol–water partition coefficient (Wildman–Crippen LogP) is 3.44. The SMILES string of the molecule is O=C(Nc1cccc(-c2cnco2)c1)c1cc2ccccc2c(=O)[nH]1. The quantitative estimate of drug-likeness (QED) is 0.602. The van der Waals surface area contributed by atoms with E-state index in [-0.39, 0.29) is 11.3 Å². The van der Waals surface area contributed by atoms with Crippen LogP contribution in [-0.4, -0.2) is 15.9 Å². The van der Waals surface area contributed by atoms with Crippen molar-refractivity contribution >= 4 is 22.4 Å². The van der Waals surface area contributed by atoms with Gasteiger partial charge in [0.05, 0.1) is 6.20 Å². The third kappa shape index (κ3) is 2.92. The number of fused-ring (bicyclic) bond motifs is 1. The highest BCUT2D eigenvalue weighted by Crippen LogP contribution is 2.22. The Balaban J connectivity index is 1.64. The van der Waals surface area contributed by atoms with E-state index < -0.39 is 5.91 Å². The third-order valence-electron chi connectivity index (χ3n) is 3.84. The molecule has 4 aromatic rings. The first-order valence-corrected chi connectivity index (χ1v) is 7.63. The topological polar surface area (TPSA) is 88.0 Å². The summed E-state index contributed by atoms with van der Waals surface area (Å²) < 4.78 is 5.26. The van der Waals surface area contributed by atoms with Crippen LogP contribution in [0.25, 0.3) is 22.1 Å². The maximum atomic E-state index is 12.5. The second kappa shape index (κ2) is 6.09. The molecule has 2 aromatic heterocycles. The van der Waals surface area contributed by atoms with Gasteiger partial charge in [-0.25, -0.2) is 4.98 Å². The lowest BCUT2D eigenvalue weighted by molar-refractivity contribution is 0.102. The summed E-state index contributed by atoms with van der Waals surface area (Å²) in [7, 11) is 0. The van der Waals surface area contributed by atoms with Gasteiger partial charge in [0.2, 0.25) is 0 Å². The molecule has 0 aliphatic heterocycles. The van der Waals surface area contributed by atoms with Crippen molar-refractivity contribution in [2.45, 2.75) is 0 Å². The van der Waals surface area contributed by atoms with Gasteiger partial charge < -0.3 is 14.7 Å². The average Bonchev–Trinajstić information content (AvgIpc) is 3.17. The van der Waals surface area contributed by atoms with Crippen LogP contribution in [0.15, 0.2) is 76.4 Å². The third-order valence-corrected chi connectivity index (χ3v) is 3.84. The molecule has 0 bridgehead atoms. The van der Waals surface area contributed by atoms with E-state index in [0.717, 1.165) is 5.56 Å². The molecule has 2 heterocycles. The molecule has 0 aliphatic rings. The summed E-state index contributed by atoms with van der Waals surface area (Å²) in [5, 5.41) is 4.04. The lowest BCUT2D eigenvalue weighted by Crippen LogP contribution is -2.18. The predicted molar refractivity (Wildman–Crippen MR) is 94.5 cm³/mol. The van der Waals surface area contributed by atoms with Gasteiger partial charge in [-0.1, -0.05) is 30.3 Å². The van der Waals surface area contributed by atoms with Crippen LogP contribution in [0.2, 0.25) is 0 Å². The van der Waals surface area contributed by atoms with Gasteiger partial charge >= 0.3 is 0 Å². The van der Waals surface area contributed by atoms with Crippen LogP contribution in [0.4, 0.5) is 5.69 Å². The van der Waals surface area contributed by atoms with E-state index in [4.69, 9.17) is 4.42 Å². The molecule has 2 aromatic carbocycles. The number of aromatic nitrogens is 2. The van der Waals surface area contributed by atoms with Crippen LogP contribution >= 0.6 is 0 Å². The van der Waals surface area contributed by atoms with Crippen molar-refractivity contribution in [1.82, 2.24) is 9.97 Å². The molecule has 122 valence electrons. The molecule has 0 aliphatic carbocycles. The van der Waals surface area contributed by atoms with E-state index in [9.17, 15) is 9.59 Å². The molecule has 2 N–H and O–H groups in total. The monoisotopic (exact) mass is 331 g/mol. The Morgan fingerprint density at radius 3 is 2.80 bits per heavy atom. The molecular formula is C19H13N3O3. The van der Waals surface area contributed by atoms with Crippen molar-refractivity contribution < 1.29 is 9.21 Å². The van der Waals surface area contributed by atoms with Gasteiger partial charge in [-0.2, -0.15) is 0 Å². The first-order chi connectivity index (χ1) is 12.2. The number of rotatable bonds is 3. The normalized spacial score (nSPS) is 10.7. The van der Waals surface area contributed by atoms with Crippen LogP contribution in [-0.2, 0) is 0 Å². The summed E-state index contributed by atoms with van der Waals surface area (Å²) in [5.74, 6) is 0.216. The zero-order valence-corrected chi connectivity index (χ0v) is 13.0. The smallest absolute Gasteiger partial charge is 0.272 e. The van der Waals surface area contributed by atoms with E-state index in [0.29, 0.717) is 22.2 Å². The van der Waals surface area contributed by atoms with Gasteiger partial charge in [-0.15, -0.1) is 0 Å². The number of nitrogens with one attached hydrogen (secondary N) is 2. The Morgan fingerprint density at radius 2 is 1.96 bits per heavy atom. The molecule has 0 radical (unpaired) electrons. The fourth-order valence-corrected chi connectivity index (χ4v) is 2.64. The Morgan fingerprint density at radius 1 is 1.08 bits per heavy atom. The average molecular weight is 331 g/mol. The number of amides is 1. The molecule has 25 heavy (non-hydrogen) atoms. The number of benzene rings is 2. The molecule has 6 nitrogen and oxygen atoms in total. The van der Waals surface area contributed by atoms with E-state index in [1.165, 1.54) is 6.39 Å². The van der Waals surface area contributed by atoms with Gasteiger partial charge in [0.1, 0.15) is 5.69 Å². The van der Waals surface area contributed by atoms with Crippen molar-refractivity contribution in [3.05, 3.63) is 83.2 Å². The molecule has 0 atom stereocenters. The van der Waals surface area contributed by atoms with Crippen LogP contribution in [0.1, 0.15) is 10.5 Å². The minimum Gasteiger partial charge on any atom is -0.444 e. The van der Waals surface area contributed by atoms with Crippen LogP contribution in [0.5, 0.6) is 0 Å². The minimum atomic E-state index is -0.391. The van der Waals surface area contributed by atoms with Crippen molar-refractivity contribution in [2.24, 2.45) is 0 Å². The fraction of sp³-hybridized carbons (Fsp3) is 0. The number of hydrogen-bond donors (Lipinski definition) is 2. The maximum Gasteiger partial charge on any atom is 0.272 e. The Labute approximate surface area is 142 Å². The van der Waals surface area contributed by atoms with Crippen molar-refractivity contribution in [3.63, 3.8) is 0 Å². The molecule has 0 spiro atoms. The van der Waals surface area contributed by atoms with Crippen molar-refractivity contribution in [1.29, 1.82) is 0 Å². The summed E-state index contributed by atoms with van der Waals surface area (Å²) >= 11 is 0. The standard InChI is InChI=1S/C19H13N3O3/c23-18-15-7-2-1-4-12(15)9-16(22-18)19(24)21-14-6-3-5-13(8-14)17-10-20-11-25-17/h1-11H,(H,21,24)(H,22,23). The first kappa shape index (κ1) is 14.9. The van der Waals surface area contributed by atoms with Crippen LogP contribution in [0, 0.1) is 0 Å². The molecule has 0 saturated heterocycles. The van der Waals surface area contributed by atoms with Gasteiger partial charge in [0.15, 0.2) is 12.2 Å². The number of pyridine rings is 1. The van der Waals surface area contributed by atoms with Crippen molar-refractivity contribution in [2.75, 3.05) is 5.32 Å². The number of aromatic amines is 1. The molecule has 0 fully saturated rings. The van der Waals surface area contributed by atoms with Crippen LogP contribution in [0.3, 0.4) is 0 Å². The highest BCUT2D eigenvalue weighted by molar-refractivity contribution is 6.04. The van der Waals surface area contributed by atoms with E-state index in [2.05, 4.69) is 15.3 Å². The summed E-state index contributed by atoms with van der Waals surface area (Å²) in [6.45, 7) is 0. The lowest BCUT2D eigenvalue weighted by atomic mass is 10.1. The number of oxazole rings is 1. The molecule has 4 rings (SSSR count). The highest BCUT2D eigenvalue weighted by atomic mass is 16.3. The van der Waals surface area contributed by atoms with E-state index in [1.807, 2.05) is 12.1 Å². The summed E-state index contributed by atoms with van der Waals surface area (Å²) in [5.41, 5.74) is 1.29. The zero-order chi connectivity index (χ0) is 17.2. The van der Waals surface area contributed by atoms with Gasteiger partial charge in [0, 0.05) is 16.6 Å². The largest absolute Gasteiger partial charge is 0.444 e. The molecular weight excluding hydrogens is 318 g/mol. The Hall–Kier alpha value is -3.67. The fourth-order valence-electron chi connectivity index (χ4n) is 2.64. The number of H-pyrrole nitrogens is 1.